The fourth-order valence-electron chi connectivity index (χ4n) is 2.18. The van der Waals surface area contributed by atoms with E-state index in [1.807, 2.05) is 0 Å². The van der Waals surface area contributed by atoms with E-state index in [0.717, 1.165) is 11.1 Å². The quantitative estimate of drug-likeness (QED) is 0.598. The third-order valence-corrected chi connectivity index (χ3v) is 3.65. The van der Waals surface area contributed by atoms with Crippen molar-refractivity contribution < 1.29 is 9.59 Å². The van der Waals surface area contributed by atoms with Crippen LogP contribution in [0.4, 0.5) is 0 Å². The van der Waals surface area contributed by atoms with E-state index in [0.29, 0.717) is 6.42 Å². The molecule has 1 fully saturated rings. The summed E-state index contributed by atoms with van der Waals surface area (Å²) in [5.41, 5.74) is 6.54. The minimum absolute atomic E-state index is 0.274. The zero-order chi connectivity index (χ0) is 17.5. The molecule has 1 saturated carbocycles. The Kier molecular flexibility index (Phi) is 5.20. The van der Waals surface area contributed by atoms with Gasteiger partial charge < -0.3 is 0 Å². The molecule has 2 heterocycles. The molecule has 8 heteroatoms. The fourth-order valence-corrected chi connectivity index (χ4v) is 2.18. The molecule has 1 aliphatic carbocycles. The Morgan fingerprint density at radius 2 is 1.24 bits per heavy atom. The summed E-state index contributed by atoms with van der Waals surface area (Å²) in [7, 11) is 0. The first-order valence-corrected chi connectivity index (χ1v) is 7.70. The van der Waals surface area contributed by atoms with Gasteiger partial charge in [0.05, 0.1) is 24.3 Å². The first-order valence-electron chi connectivity index (χ1n) is 7.70. The Bertz CT molecular complexity index is 724. The van der Waals surface area contributed by atoms with Crippen molar-refractivity contribution in [3.63, 3.8) is 0 Å². The summed E-state index contributed by atoms with van der Waals surface area (Å²) in [5.74, 6) is -1.29. The zero-order valence-electron chi connectivity index (χ0n) is 13.2. The van der Waals surface area contributed by atoms with Crippen LogP contribution in [0.3, 0.4) is 0 Å². The first-order chi connectivity index (χ1) is 12.2. The Labute approximate surface area is 144 Å². The van der Waals surface area contributed by atoms with Gasteiger partial charge in [0.25, 0.3) is 0 Å². The van der Waals surface area contributed by atoms with Crippen LogP contribution in [-0.4, -0.2) is 34.2 Å². The molecule has 0 aliphatic heterocycles. The van der Waals surface area contributed by atoms with Crippen molar-refractivity contribution in [2.75, 3.05) is 0 Å². The molecule has 0 spiro atoms. The monoisotopic (exact) mass is 336 g/mol. The lowest BCUT2D eigenvalue weighted by atomic mass is 10.3. The molecule has 0 radical (unpaired) electrons. The number of amides is 2. The number of hydrogen-bond donors (Lipinski definition) is 2. The van der Waals surface area contributed by atoms with Crippen LogP contribution in [-0.2, 0) is 9.59 Å². The van der Waals surface area contributed by atoms with Gasteiger partial charge in [-0.3, -0.25) is 19.6 Å². The molecule has 2 N–H and O–H groups in total. The van der Waals surface area contributed by atoms with Gasteiger partial charge in [-0.15, -0.1) is 0 Å². The van der Waals surface area contributed by atoms with Crippen molar-refractivity contribution in [1.29, 1.82) is 0 Å². The maximum Gasteiger partial charge on any atom is 0.244 e. The first kappa shape index (κ1) is 16.4. The van der Waals surface area contributed by atoms with Crippen LogP contribution in [0.2, 0.25) is 0 Å². The molecule has 2 aromatic heterocycles. The number of nitrogens with zero attached hydrogens (tertiary/aromatic N) is 4. The number of rotatable bonds is 6. The summed E-state index contributed by atoms with van der Waals surface area (Å²) >= 11 is 0. The van der Waals surface area contributed by atoms with Crippen LogP contribution in [0.25, 0.3) is 0 Å². The largest absolute Gasteiger partial charge is 0.273 e. The summed E-state index contributed by atoms with van der Waals surface area (Å²) in [6.45, 7) is 0. The maximum atomic E-state index is 11.9. The molecule has 0 bridgehead atoms. The highest BCUT2D eigenvalue weighted by atomic mass is 16.2. The number of hydrazone groups is 2. The van der Waals surface area contributed by atoms with Crippen LogP contribution in [0.1, 0.15) is 17.5 Å². The van der Waals surface area contributed by atoms with Gasteiger partial charge in [0, 0.05) is 24.8 Å². The highest BCUT2D eigenvalue weighted by Crippen LogP contribution is 2.38. The normalized spacial score (nSPS) is 19.0. The van der Waals surface area contributed by atoms with E-state index in [1.54, 1.807) is 49.1 Å². The van der Waals surface area contributed by atoms with E-state index in [9.17, 15) is 9.59 Å². The van der Waals surface area contributed by atoms with E-state index in [4.69, 9.17) is 0 Å². The van der Waals surface area contributed by atoms with Crippen molar-refractivity contribution in [3.8, 4) is 0 Å². The third kappa shape index (κ3) is 4.77. The van der Waals surface area contributed by atoms with Crippen molar-refractivity contribution in [2.45, 2.75) is 6.42 Å². The molecule has 3 rings (SSSR count). The number of hydrogen-bond acceptors (Lipinski definition) is 6. The van der Waals surface area contributed by atoms with Crippen LogP contribution in [0.15, 0.2) is 59.3 Å². The zero-order valence-corrected chi connectivity index (χ0v) is 13.2. The van der Waals surface area contributed by atoms with Crippen molar-refractivity contribution >= 4 is 24.2 Å². The number of carbonyl (C=O) groups excluding carboxylic acids is 2. The summed E-state index contributed by atoms with van der Waals surface area (Å²) in [6.07, 6.45) is 10.1. The SMILES string of the molecule is O=C(NN=Cc1ccncc1)C1CC1C(=O)NN=Cc1ccncc1. The van der Waals surface area contributed by atoms with Gasteiger partial charge in [-0.2, -0.15) is 10.2 Å². The predicted octanol–water partition coefficient (Wildman–Crippen LogP) is 0.713. The van der Waals surface area contributed by atoms with Gasteiger partial charge in [-0.05, 0) is 41.8 Å². The Balaban J connectivity index is 1.42. The lowest BCUT2D eigenvalue weighted by molar-refractivity contribution is -0.127. The van der Waals surface area contributed by atoms with Gasteiger partial charge in [-0.1, -0.05) is 0 Å². The Morgan fingerprint density at radius 3 is 1.64 bits per heavy atom. The van der Waals surface area contributed by atoms with E-state index in [-0.39, 0.29) is 23.7 Å². The van der Waals surface area contributed by atoms with E-state index < -0.39 is 0 Å². The minimum Gasteiger partial charge on any atom is -0.273 e. The molecule has 1 aliphatic rings. The second-order valence-electron chi connectivity index (χ2n) is 5.48. The number of aromatic nitrogens is 2. The van der Waals surface area contributed by atoms with Crippen LogP contribution >= 0.6 is 0 Å². The predicted molar refractivity (Wildman–Crippen MR) is 91.5 cm³/mol. The molecule has 8 nitrogen and oxygen atoms in total. The van der Waals surface area contributed by atoms with E-state index in [2.05, 4.69) is 31.0 Å². The number of nitrogens with one attached hydrogen (secondary N) is 2. The number of carbonyl (C=O) groups is 2. The fraction of sp³-hybridized carbons (Fsp3) is 0.176. The summed E-state index contributed by atoms with van der Waals surface area (Å²) in [5, 5.41) is 7.76. The van der Waals surface area contributed by atoms with Crippen molar-refractivity contribution in [2.24, 2.45) is 22.0 Å². The van der Waals surface area contributed by atoms with Gasteiger partial charge >= 0.3 is 0 Å². The summed E-state index contributed by atoms with van der Waals surface area (Å²) < 4.78 is 0. The summed E-state index contributed by atoms with van der Waals surface area (Å²) in [6, 6.07) is 7.07. The molecule has 2 atom stereocenters. The molecular formula is C17H16N6O2. The molecule has 25 heavy (non-hydrogen) atoms. The van der Waals surface area contributed by atoms with Crippen molar-refractivity contribution in [1.82, 2.24) is 20.8 Å². The Morgan fingerprint density at radius 1 is 0.840 bits per heavy atom. The van der Waals surface area contributed by atoms with Crippen molar-refractivity contribution in [3.05, 3.63) is 60.2 Å². The third-order valence-electron chi connectivity index (χ3n) is 3.65. The lowest BCUT2D eigenvalue weighted by Crippen LogP contribution is -2.25. The highest BCUT2D eigenvalue weighted by molar-refractivity contribution is 5.93. The maximum absolute atomic E-state index is 11.9. The molecule has 0 saturated heterocycles. The second-order valence-corrected chi connectivity index (χ2v) is 5.48. The summed E-state index contributed by atoms with van der Waals surface area (Å²) in [4.78, 5) is 31.7. The van der Waals surface area contributed by atoms with Gasteiger partial charge in [-0.25, -0.2) is 10.9 Å². The topological polar surface area (TPSA) is 109 Å². The second kappa shape index (κ2) is 7.91. The van der Waals surface area contributed by atoms with E-state index >= 15 is 0 Å². The highest BCUT2D eigenvalue weighted by Gasteiger charge is 2.48. The van der Waals surface area contributed by atoms with Gasteiger partial charge in [0.2, 0.25) is 11.8 Å². The van der Waals surface area contributed by atoms with Crippen LogP contribution in [0.5, 0.6) is 0 Å². The average Bonchev–Trinajstić information content (AvgIpc) is 3.44. The minimum atomic E-state index is -0.370. The molecule has 2 amide bonds. The molecule has 126 valence electrons. The molecule has 0 aromatic carbocycles. The van der Waals surface area contributed by atoms with Gasteiger partial charge in [0.1, 0.15) is 0 Å². The number of pyridine rings is 2. The van der Waals surface area contributed by atoms with Gasteiger partial charge in [0.15, 0.2) is 0 Å². The molecular weight excluding hydrogens is 320 g/mol. The Hall–Kier alpha value is -3.42. The lowest BCUT2D eigenvalue weighted by Gasteiger charge is -1.99. The molecule has 2 aromatic rings. The standard InChI is InChI=1S/C17H16N6O2/c24-16(22-20-10-12-1-5-18-6-2-12)14-9-15(14)17(25)23-21-11-13-3-7-19-8-4-13/h1-8,10-11,14-15H,9H2,(H,22,24)(H,23,25). The van der Waals surface area contributed by atoms with Crippen LogP contribution < -0.4 is 10.9 Å². The van der Waals surface area contributed by atoms with E-state index in [1.165, 1.54) is 12.4 Å². The average molecular weight is 336 g/mol. The van der Waals surface area contributed by atoms with Crippen LogP contribution in [0, 0.1) is 11.8 Å². The molecule has 2 unspecified atom stereocenters. The smallest absolute Gasteiger partial charge is 0.244 e.